The number of aromatic nitrogens is 3. The van der Waals surface area contributed by atoms with Gasteiger partial charge in [-0.2, -0.15) is 0 Å². The molecular weight excluding hydrogens is 384 g/mol. The SMILES string of the molecule is Cc1csc(-c2nc(NC3CCCCC3)cc(N3CCN(C4COC4)CC3)n2)n1. The molecule has 0 atom stereocenters. The molecule has 8 heteroatoms. The highest BCUT2D eigenvalue weighted by Gasteiger charge is 2.29. The van der Waals surface area contributed by atoms with Gasteiger partial charge in [0.25, 0.3) is 0 Å². The third-order valence-electron chi connectivity index (χ3n) is 6.26. The van der Waals surface area contributed by atoms with Crippen molar-refractivity contribution in [3.63, 3.8) is 0 Å². The molecule has 2 aromatic heterocycles. The van der Waals surface area contributed by atoms with Crippen LogP contribution in [0.15, 0.2) is 11.4 Å². The Hall–Kier alpha value is -1.77. The van der Waals surface area contributed by atoms with E-state index in [-0.39, 0.29) is 0 Å². The predicted octanol–water partition coefficient (Wildman–Crippen LogP) is 3.17. The van der Waals surface area contributed by atoms with Crippen LogP contribution in [0.3, 0.4) is 0 Å². The molecule has 2 aliphatic heterocycles. The molecule has 3 aliphatic rings. The average molecular weight is 415 g/mol. The molecule has 7 nitrogen and oxygen atoms in total. The number of aryl methyl sites for hydroxylation is 1. The van der Waals surface area contributed by atoms with Gasteiger partial charge in [-0.05, 0) is 19.8 Å². The van der Waals surface area contributed by atoms with Crippen LogP contribution in [0.5, 0.6) is 0 Å². The summed E-state index contributed by atoms with van der Waals surface area (Å²) in [6, 6.07) is 3.27. The highest BCUT2D eigenvalue weighted by Crippen LogP contribution is 2.28. The van der Waals surface area contributed by atoms with Crippen molar-refractivity contribution in [3.05, 3.63) is 17.1 Å². The van der Waals surface area contributed by atoms with Crippen LogP contribution in [-0.4, -0.2) is 71.3 Å². The van der Waals surface area contributed by atoms with E-state index in [1.165, 1.54) is 32.1 Å². The third kappa shape index (κ3) is 4.39. The lowest BCUT2D eigenvalue weighted by Crippen LogP contribution is -2.56. The first-order chi connectivity index (χ1) is 14.2. The van der Waals surface area contributed by atoms with Gasteiger partial charge in [0.05, 0.1) is 19.3 Å². The maximum absolute atomic E-state index is 5.36. The first-order valence-electron chi connectivity index (χ1n) is 10.9. The van der Waals surface area contributed by atoms with Gasteiger partial charge in [0, 0.05) is 49.4 Å². The summed E-state index contributed by atoms with van der Waals surface area (Å²) in [5.74, 6) is 2.71. The second-order valence-corrected chi connectivity index (χ2v) is 9.28. The van der Waals surface area contributed by atoms with Crippen LogP contribution in [0, 0.1) is 6.92 Å². The fourth-order valence-corrected chi connectivity index (χ4v) is 5.16. The molecule has 0 spiro atoms. The van der Waals surface area contributed by atoms with Crippen molar-refractivity contribution < 1.29 is 4.74 Å². The highest BCUT2D eigenvalue weighted by molar-refractivity contribution is 7.13. The van der Waals surface area contributed by atoms with Crippen LogP contribution in [0.25, 0.3) is 10.8 Å². The Labute approximate surface area is 176 Å². The van der Waals surface area contributed by atoms with E-state index in [0.29, 0.717) is 12.1 Å². The van der Waals surface area contributed by atoms with Gasteiger partial charge in [0.1, 0.15) is 11.6 Å². The van der Waals surface area contributed by atoms with Crippen molar-refractivity contribution in [2.45, 2.75) is 51.1 Å². The third-order valence-corrected chi connectivity index (χ3v) is 7.21. The first-order valence-corrected chi connectivity index (χ1v) is 11.8. The minimum atomic E-state index is 0.521. The molecule has 0 bridgehead atoms. The fourth-order valence-electron chi connectivity index (χ4n) is 4.43. The van der Waals surface area contributed by atoms with E-state index in [0.717, 1.165) is 67.6 Å². The normalized spacial score (nSPS) is 21.9. The molecule has 0 unspecified atom stereocenters. The second-order valence-electron chi connectivity index (χ2n) is 8.42. The van der Waals surface area contributed by atoms with E-state index in [1.54, 1.807) is 11.3 Å². The number of nitrogens with one attached hydrogen (secondary N) is 1. The van der Waals surface area contributed by atoms with Crippen LogP contribution in [-0.2, 0) is 4.74 Å². The Kier molecular flexibility index (Phi) is 5.65. The topological polar surface area (TPSA) is 66.4 Å². The van der Waals surface area contributed by atoms with E-state index in [4.69, 9.17) is 14.7 Å². The molecule has 1 aliphatic carbocycles. The van der Waals surface area contributed by atoms with Gasteiger partial charge in [-0.1, -0.05) is 19.3 Å². The maximum Gasteiger partial charge on any atom is 0.192 e. The maximum atomic E-state index is 5.36. The average Bonchev–Trinajstić information content (AvgIpc) is 3.14. The molecule has 1 saturated carbocycles. The summed E-state index contributed by atoms with van der Waals surface area (Å²) in [6.07, 6.45) is 6.43. The minimum Gasteiger partial charge on any atom is -0.378 e. The monoisotopic (exact) mass is 414 g/mol. The number of anilines is 2. The minimum absolute atomic E-state index is 0.521. The molecule has 1 N–H and O–H groups in total. The van der Waals surface area contributed by atoms with Crippen LogP contribution in [0.2, 0.25) is 0 Å². The standard InChI is InChI=1S/C21H30N6OS/c1-15-14-29-21(22-15)20-24-18(23-16-5-3-2-4-6-16)11-19(25-20)27-9-7-26(8-10-27)17-12-28-13-17/h11,14,16-17H,2-10,12-13H2,1H3,(H,23,24,25). The van der Waals surface area contributed by atoms with E-state index < -0.39 is 0 Å². The molecule has 29 heavy (non-hydrogen) atoms. The van der Waals surface area contributed by atoms with Gasteiger partial charge in [-0.15, -0.1) is 11.3 Å². The van der Waals surface area contributed by atoms with Crippen molar-refractivity contribution >= 4 is 23.0 Å². The van der Waals surface area contributed by atoms with E-state index in [9.17, 15) is 0 Å². The first kappa shape index (κ1) is 19.2. The zero-order chi connectivity index (χ0) is 19.6. The van der Waals surface area contributed by atoms with E-state index >= 15 is 0 Å². The van der Waals surface area contributed by atoms with Gasteiger partial charge in [0.2, 0.25) is 0 Å². The molecule has 4 heterocycles. The molecule has 3 fully saturated rings. The van der Waals surface area contributed by atoms with Gasteiger partial charge < -0.3 is 15.0 Å². The summed E-state index contributed by atoms with van der Waals surface area (Å²) in [5.41, 5.74) is 1.03. The number of hydrogen-bond acceptors (Lipinski definition) is 8. The van der Waals surface area contributed by atoms with Crippen LogP contribution < -0.4 is 10.2 Å². The van der Waals surface area contributed by atoms with Crippen molar-refractivity contribution in [1.29, 1.82) is 0 Å². The number of rotatable bonds is 5. The summed E-state index contributed by atoms with van der Waals surface area (Å²) < 4.78 is 5.36. The molecule has 2 saturated heterocycles. The predicted molar refractivity (Wildman–Crippen MR) is 117 cm³/mol. The number of nitrogens with zero attached hydrogens (tertiary/aromatic N) is 5. The Morgan fingerprint density at radius 1 is 1.03 bits per heavy atom. The number of hydrogen-bond donors (Lipinski definition) is 1. The molecule has 156 valence electrons. The lowest BCUT2D eigenvalue weighted by molar-refractivity contribution is -0.0660. The van der Waals surface area contributed by atoms with Crippen LogP contribution in [0.1, 0.15) is 37.8 Å². The fraction of sp³-hybridized carbons (Fsp3) is 0.667. The van der Waals surface area contributed by atoms with Gasteiger partial charge >= 0.3 is 0 Å². The summed E-state index contributed by atoms with van der Waals surface area (Å²) in [5, 5.41) is 6.67. The zero-order valence-corrected chi connectivity index (χ0v) is 18.0. The summed E-state index contributed by atoms with van der Waals surface area (Å²) in [4.78, 5) is 19.3. The molecule has 0 amide bonds. The van der Waals surface area contributed by atoms with E-state index in [1.807, 2.05) is 6.92 Å². The van der Waals surface area contributed by atoms with Crippen molar-refractivity contribution in [1.82, 2.24) is 19.9 Å². The Bertz CT molecular complexity index is 824. The molecule has 0 radical (unpaired) electrons. The van der Waals surface area contributed by atoms with Crippen molar-refractivity contribution in [2.24, 2.45) is 0 Å². The Morgan fingerprint density at radius 3 is 2.48 bits per heavy atom. The molecule has 5 rings (SSSR count). The highest BCUT2D eigenvalue weighted by atomic mass is 32.1. The van der Waals surface area contributed by atoms with Gasteiger partial charge in [-0.3, -0.25) is 4.90 Å². The number of thiazole rings is 1. The van der Waals surface area contributed by atoms with Crippen molar-refractivity contribution in [3.8, 4) is 10.8 Å². The number of piperazine rings is 1. The number of ether oxygens (including phenoxy) is 1. The molecular formula is C21H30N6OS. The van der Waals surface area contributed by atoms with Crippen LogP contribution in [0.4, 0.5) is 11.6 Å². The Balaban J connectivity index is 1.37. The quantitative estimate of drug-likeness (QED) is 0.806. The smallest absolute Gasteiger partial charge is 0.192 e. The largest absolute Gasteiger partial charge is 0.378 e. The summed E-state index contributed by atoms with van der Waals surface area (Å²) in [6.45, 7) is 7.91. The van der Waals surface area contributed by atoms with Crippen molar-refractivity contribution in [2.75, 3.05) is 49.6 Å². The zero-order valence-electron chi connectivity index (χ0n) is 17.1. The van der Waals surface area contributed by atoms with Gasteiger partial charge in [0.15, 0.2) is 10.8 Å². The van der Waals surface area contributed by atoms with Gasteiger partial charge in [-0.25, -0.2) is 15.0 Å². The summed E-state index contributed by atoms with van der Waals surface area (Å²) in [7, 11) is 0. The lowest BCUT2D eigenvalue weighted by Gasteiger charge is -2.42. The lowest BCUT2D eigenvalue weighted by atomic mass is 9.95. The molecule has 0 aromatic carbocycles. The Morgan fingerprint density at radius 2 is 1.83 bits per heavy atom. The van der Waals surface area contributed by atoms with Crippen LogP contribution >= 0.6 is 11.3 Å². The second kappa shape index (κ2) is 8.53. The van der Waals surface area contributed by atoms with E-state index in [2.05, 4.69) is 31.5 Å². The molecule has 2 aromatic rings. The summed E-state index contributed by atoms with van der Waals surface area (Å²) >= 11 is 1.62.